The van der Waals surface area contributed by atoms with Crippen molar-refractivity contribution in [3.63, 3.8) is 0 Å². The molecule has 24 heavy (non-hydrogen) atoms. The van der Waals surface area contributed by atoms with Crippen LogP contribution in [-0.2, 0) is 16.3 Å². The van der Waals surface area contributed by atoms with Crippen molar-refractivity contribution in [2.75, 3.05) is 0 Å². The van der Waals surface area contributed by atoms with Crippen LogP contribution in [0.4, 0.5) is 0 Å². The molecule has 1 heterocycles. The molecule has 0 unspecified atom stereocenters. The van der Waals surface area contributed by atoms with Gasteiger partial charge < -0.3 is 4.74 Å². The first-order valence-electron chi connectivity index (χ1n) is 7.06. The molecule has 2 aromatic carbocycles. The standard InChI is InChI=1S/C17H12ClN3O3/c18-13-5-3-4-12(10-13)8-9-16(22)24-11-21-17(23)14-6-1-2-7-15(14)19-20-21/h1-10H,11H2/b9-8+. The highest BCUT2D eigenvalue weighted by Gasteiger charge is 2.06. The van der Waals surface area contributed by atoms with Crippen LogP contribution in [0.1, 0.15) is 5.56 Å². The third-order valence-corrected chi connectivity index (χ3v) is 3.45. The van der Waals surface area contributed by atoms with E-state index in [1.54, 1.807) is 54.6 Å². The lowest BCUT2D eigenvalue weighted by molar-refractivity contribution is -0.141. The second-order valence-corrected chi connectivity index (χ2v) is 5.33. The van der Waals surface area contributed by atoms with Gasteiger partial charge in [0.05, 0.1) is 5.39 Å². The van der Waals surface area contributed by atoms with E-state index in [1.807, 2.05) is 0 Å². The van der Waals surface area contributed by atoms with E-state index in [1.165, 1.54) is 6.08 Å². The predicted octanol–water partition coefficient (Wildman–Crippen LogP) is 2.66. The predicted molar refractivity (Wildman–Crippen MR) is 90.4 cm³/mol. The maximum atomic E-state index is 12.2. The number of carbonyl (C=O) groups is 1. The molecule has 0 spiro atoms. The van der Waals surface area contributed by atoms with Gasteiger partial charge in [-0.05, 0) is 35.9 Å². The Hall–Kier alpha value is -2.99. The van der Waals surface area contributed by atoms with E-state index in [0.29, 0.717) is 15.9 Å². The molecule has 120 valence electrons. The lowest BCUT2D eigenvalue weighted by atomic mass is 10.2. The van der Waals surface area contributed by atoms with Gasteiger partial charge in [0.25, 0.3) is 5.56 Å². The second-order valence-electron chi connectivity index (χ2n) is 4.89. The summed E-state index contributed by atoms with van der Waals surface area (Å²) >= 11 is 5.86. The summed E-state index contributed by atoms with van der Waals surface area (Å²) in [6.07, 6.45) is 2.83. The first-order chi connectivity index (χ1) is 11.6. The first-order valence-corrected chi connectivity index (χ1v) is 7.44. The number of hydrogen-bond acceptors (Lipinski definition) is 5. The third-order valence-electron chi connectivity index (χ3n) is 3.22. The summed E-state index contributed by atoms with van der Waals surface area (Å²) in [7, 11) is 0. The highest BCUT2D eigenvalue weighted by atomic mass is 35.5. The van der Waals surface area contributed by atoms with Crippen molar-refractivity contribution in [2.45, 2.75) is 6.73 Å². The SMILES string of the molecule is O=C(/C=C/c1cccc(Cl)c1)OCn1nnc2ccccc2c1=O. The zero-order chi connectivity index (χ0) is 16.9. The van der Waals surface area contributed by atoms with Gasteiger partial charge in [-0.15, -0.1) is 5.10 Å². The van der Waals surface area contributed by atoms with Crippen molar-refractivity contribution in [3.05, 3.63) is 75.5 Å². The van der Waals surface area contributed by atoms with Crippen molar-refractivity contribution < 1.29 is 9.53 Å². The van der Waals surface area contributed by atoms with Crippen LogP contribution in [0, 0.1) is 0 Å². The molecule has 0 aliphatic rings. The average Bonchev–Trinajstić information content (AvgIpc) is 2.60. The van der Waals surface area contributed by atoms with E-state index < -0.39 is 5.97 Å². The Morgan fingerprint density at radius 1 is 1.21 bits per heavy atom. The van der Waals surface area contributed by atoms with Crippen molar-refractivity contribution in [1.29, 1.82) is 0 Å². The Labute approximate surface area is 141 Å². The quantitative estimate of drug-likeness (QED) is 0.538. The van der Waals surface area contributed by atoms with Crippen LogP contribution in [0.15, 0.2) is 59.4 Å². The molecule has 0 aliphatic carbocycles. The van der Waals surface area contributed by atoms with Crippen LogP contribution in [-0.4, -0.2) is 21.0 Å². The Morgan fingerprint density at radius 2 is 2.04 bits per heavy atom. The number of hydrogen-bond donors (Lipinski definition) is 0. The number of rotatable bonds is 4. The maximum Gasteiger partial charge on any atom is 0.332 e. The fourth-order valence-electron chi connectivity index (χ4n) is 2.06. The Balaban J connectivity index is 1.68. The Kier molecular flexibility index (Phi) is 4.67. The van der Waals surface area contributed by atoms with Crippen molar-refractivity contribution in [2.24, 2.45) is 0 Å². The Morgan fingerprint density at radius 3 is 2.88 bits per heavy atom. The number of fused-ring (bicyclic) bond motifs is 1. The smallest absolute Gasteiger partial charge is 0.332 e. The summed E-state index contributed by atoms with van der Waals surface area (Å²) in [4.78, 5) is 23.9. The molecule has 0 atom stereocenters. The highest BCUT2D eigenvalue weighted by molar-refractivity contribution is 6.30. The molecule has 7 heteroatoms. The number of ether oxygens (including phenoxy) is 1. The lowest BCUT2D eigenvalue weighted by Crippen LogP contribution is -2.26. The van der Waals surface area contributed by atoms with Gasteiger partial charge in [-0.1, -0.05) is 41.1 Å². The van der Waals surface area contributed by atoms with Gasteiger partial charge in [-0.2, -0.15) is 4.68 Å². The molecule has 0 aliphatic heterocycles. The minimum atomic E-state index is -0.600. The molecule has 0 saturated heterocycles. The molecular formula is C17H12ClN3O3. The lowest BCUT2D eigenvalue weighted by Gasteiger charge is -2.04. The van der Waals surface area contributed by atoms with E-state index in [4.69, 9.17) is 16.3 Å². The molecule has 0 fully saturated rings. The number of halogens is 1. The minimum absolute atomic E-state index is 0.310. The van der Waals surface area contributed by atoms with Gasteiger partial charge >= 0.3 is 5.97 Å². The second kappa shape index (κ2) is 7.06. The number of esters is 1. The normalized spacial score (nSPS) is 11.0. The molecule has 0 saturated carbocycles. The zero-order valence-electron chi connectivity index (χ0n) is 12.4. The molecule has 0 bridgehead atoms. The van der Waals surface area contributed by atoms with Gasteiger partial charge in [0.15, 0.2) is 6.73 Å². The number of aromatic nitrogens is 3. The van der Waals surface area contributed by atoms with E-state index >= 15 is 0 Å². The summed E-state index contributed by atoms with van der Waals surface area (Å²) in [5.74, 6) is -0.600. The van der Waals surface area contributed by atoms with Gasteiger partial charge in [0.1, 0.15) is 5.52 Å². The summed E-state index contributed by atoms with van der Waals surface area (Å²) < 4.78 is 6.01. The van der Waals surface area contributed by atoms with Crippen LogP contribution in [0.5, 0.6) is 0 Å². The van der Waals surface area contributed by atoms with E-state index in [9.17, 15) is 9.59 Å². The molecule has 0 radical (unpaired) electrons. The molecule has 0 N–H and O–H groups in total. The summed E-state index contributed by atoms with van der Waals surface area (Å²) in [6.45, 7) is -0.310. The molecule has 3 aromatic rings. The van der Waals surface area contributed by atoms with Crippen LogP contribution in [0.2, 0.25) is 5.02 Å². The van der Waals surface area contributed by atoms with Gasteiger partial charge in [0.2, 0.25) is 0 Å². The fraction of sp³-hybridized carbons (Fsp3) is 0.0588. The van der Waals surface area contributed by atoms with Crippen molar-refractivity contribution in [3.8, 4) is 0 Å². The van der Waals surface area contributed by atoms with Crippen LogP contribution >= 0.6 is 11.6 Å². The number of nitrogens with zero attached hydrogens (tertiary/aromatic N) is 3. The first kappa shape index (κ1) is 15.9. The summed E-state index contributed by atoms with van der Waals surface area (Å²) in [6, 6.07) is 13.9. The Bertz CT molecular complexity index is 982. The largest absolute Gasteiger partial charge is 0.439 e. The summed E-state index contributed by atoms with van der Waals surface area (Å²) in [5.41, 5.74) is 0.889. The molecule has 1 aromatic heterocycles. The van der Waals surface area contributed by atoms with Gasteiger partial charge in [-0.25, -0.2) is 4.79 Å². The maximum absolute atomic E-state index is 12.2. The molecule has 3 rings (SSSR count). The fourth-order valence-corrected chi connectivity index (χ4v) is 2.25. The van der Waals surface area contributed by atoms with Crippen molar-refractivity contribution in [1.82, 2.24) is 15.0 Å². The minimum Gasteiger partial charge on any atom is -0.439 e. The topological polar surface area (TPSA) is 74.1 Å². The molecule has 6 nitrogen and oxygen atoms in total. The van der Waals surface area contributed by atoms with Crippen LogP contribution < -0.4 is 5.56 Å². The van der Waals surface area contributed by atoms with Gasteiger partial charge in [0, 0.05) is 11.1 Å². The number of benzene rings is 2. The van der Waals surface area contributed by atoms with Crippen LogP contribution in [0.3, 0.4) is 0 Å². The number of carbonyl (C=O) groups excluding carboxylic acids is 1. The molecular weight excluding hydrogens is 330 g/mol. The van der Waals surface area contributed by atoms with Crippen LogP contribution in [0.25, 0.3) is 17.0 Å². The van der Waals surface area contributed by atoms with Crippen molar-refractivity contribution >= 4 is 34.5 Å². The third kappa shape index (κ3) is 3.67. The van der Waals surface area contributed by atoms with Gasteiger partial charge in [-0.3, -0.25) is 4.79 Å². The molecule has 0 amide bonds. The zero-order valence-corrected chi connectivity index (χ0v) is 13.2. The van der Waals surface area contributed by atoms with E-state index in [0.717, 1.165) is 10.2 Å². The van der Waals surface area contributed by atoms with E-state index in [2.05, 4.69) is 10.3 Å². The van der Waals surface area contributed by atoms with E-state index in [-0.39, 0.29) is 12.3 Å². The highest BCUT2D eigenvalue weighted by Crippen LogP contribution is 2.11. The monoisotopic (exact) mass is 341 g/mol. The summed E-state index contributed by atoms with van der Waals surface area (Å²) in [5, 5.41) is 8.64. The average molecular weight is 342 g/mol.